The van der Waals surface area contributed by atoms with Gasteiger partial charge >= 0.3 is 0 Å². The van der Waals surface area contributed by atoms with Crippen molar-refractivity contribution in [1.29, 1.82) is 0 Å². The normalized spacial score (nSPS) is 33.0. The first-order valence-electron chi connectivity index (χ1n) is 6.02. The van der Waals surface area contributed by atoms with Gasteiger partial charge in [-0.2, -0.15) is 10.2 Å². The molecule has 1 fully saturated rings. The minimum absolute atomic E-state index is 0.456. The van der Waals surface area contributed by atoms with E-state index in [0.717, 1.165) is 23.9 Å². The molecule has 3 atom stereocenters. The molecule has 5 heteroatoms. The number of amidine groups is 1. The molecule has 0 saturated heterocycles. The fourth-order valence-corrected chi connectivity index (χ4v) is 3.17. The molecule has 3 aliphatic rings. The van der Waals surface area contributed by atoms with Crippen LogP contribution in [0.1, 0.15) is 29.8 Å². The summed E-state index contributed by atoms with van der Waals surface area (Å²) in [5.74, 6) is 2.82. The van der Waals surface area contributed by atoms with Crippen LogP contribution in [0, 0.1) is 11.8 Å². The Balaban J connectivity index is 1.70. The topological polar surface area (TPSA) is 65.8 Å². The molecule has 2 heterocycles. The molecule has 1 N–H and O–H groups in total. The second kappa shape index (κ2) is 3.12. The third-order valence-electron chi connectivity index (χ3n) is 3.97. The molecule has 1 aromatic heterocycles. The van der Waals surface area contributed by atoms with Crippen LogP contribution in [-0.2, 0) is 6.42 Å². The summed E-state index contributed by atoms with van der Waals surface area (Å²) in [6.07, 6.45) is 5.56. The zero-order valence-electron chi connectivity index (χ0n) is 9.59. The fraction of sp³-hybridized carbons (Fsp3) is 0.500. The number of azo groups is 1. The van der Waals surface area contributed by atoms with E-state index in [4.69, 9.17) is 0 Å². The SMILES string of the molecule is C/C=C\C1C2Cc3c(n[nH]c3C3=NCN=N3)C12. The van der Waals surface area contributed by atoms with E-state index in [-0.39, 0.29) is 0 Å². The highest BCUT2D eigenvalue weighted by Gasteiger charge is 2.56. The van der Waals surface area contributed by atoms with E-state index in [0.29, 0.717) is 18.5 Å². The van der Waals surface area contributed by atoms with Crippen molar-refractivity contribution < 1.29 is 0 Å². The van der Waals surface area contributed by atoms with Gasteiger partial charge in [0.25, 0.3) is 0 Å². The van der Waals surface area contributed by atoms with Gasteiger partial charge in [-0.1, -0.05) is 12.2 Å². The van der Waals surface area contributed by atoms with Crippen molar-refractivity contribution in [3.05, 3.63) is 29.1 Å². The summed E-state index contributed by atoms with van der Waals surface area (Å²) in [5, 5.41) is 15.5. The maximum Gasteiger partial charge on any atom is 0.197 e. The number of allylic oxidation sites excluding steroid dienone is 2. The van der Waals surface area contributed by atoms with Crippen LogP contribution in [0.2, 0.25) is 0 Å². The Hall–Kier alpha value is -1.78. The predicted molar refractivity (Wildman–Crippen MR) is 63.1 cm³/mol. The fourth-order valence-electron chi connectivity index (χ4n) is 3.17. The summed E-state index contributed by atoms with van der Waals surface area (Å²) < 4.78 is 0. The molecule has 5 nitrogen and oxygen atoms in total. The van der Waals surface area contributed by atoms with E-state index in [1.807, 2.05) is 0 Å². The summed E-state index contributed by atoms with van der Waals surface area (Å²) in [6.45, 7) is 2.54. The summed E-state index contributed by atoms with van der Waals surface area (Å²) >= 11 is 0. The lowest BCUT2D eigenvalue weighted by atomic mass is 10.1. The quantitative estimate of drug-likeness (QED) is 0.772. The molecular formula is C12H13N5. The van der Waals surface area contributed by atoms with E-state index in [1.165, 1.54) is 11.3 Å². The highest BCUT2D eigenvalue weighted by atomic mass is 15.3. The highest BCUT2D eigenvalue weighted by molar-refractivity contribution is 5.99. The van der Waals surface area contributed by atoms with Crippen molar-refractivity contribution in [2.24, 2.45) is 27.1 Å². The van der Waals surface area contributed by atoms with Gasteiger partial charge in [-0.05, 0) is 25.2 Å². The molecular weight excluding hydrogens is 214 g/mol. The number of aromatic amines is 1. The lowest BCUT2D eigenvalue weighted by Crippen LogP contribution is -2.00. The smallest absolute Gasteiger partial charge is 0.197 e. The maximum absolute atomic E-state index is 4.46. The number of rotatable bonds is 2. The number of hydrogen-bond acceptors (Lipinski definition) is 4. The Morgan fingerprint density at radius 1 is 1.41 bits per heavy atom. The summed E-state index contributed by atoms with van der Waals surface area (Å²) in [6, 6.07) is 0. The standard InChI is InChI=1S/C12H13N5/c1-2-3-6-7-4-8-10(9(6)7)15-16-11(8)12-13-5-14-17-12/h2-3,6-7,9H,4-5H2,1H3,(H,15,16)/b3-2-. The molecule has 0 aromatic carbocycles. The number of nitrogens with one attached hydrogen (secondary N) is 1. The second-order valence-electron chi connectivity index (χ2n) is 4.82. The van der Waals surface area contributed by atoms with E-state index < -0.39 is 0 Å². The first-order valence-corrected chi connectivity index (χ1v) is 6.02. The number of fused-ring (bicyclic) bond motifs is 3. The van der Waals surface area contributed by atoms with Gasteiger partial charge in [0.1, 0.15) is 5.69 Å². The van der Waals surface area contributed by atoms with Crippen LogP contribution in [-0.4, -0.2) is 22.7 Å². The molecule has 3 unspecified atom stereocenters. The van der Waals surface area contributed by atoms with Crippen molar-refractivity contribution in [2.75, 3.05) is 6.67 Å². The van der Waals surface area contributed by atoms with Crippen LogP contribution in [0.4, 0.5) is 0 Å². The molecule has 0 radical (unpaired) electrons. The Bertz CT molecular complexity index is 565. The van der Waals surface area contributed by atoms with Crippen LogP contribution in [0.15, 0.2) is 27.4 Å². The lowest BCUT2D eigenvalue weighted by molar-refractivity contribution is 0.795. The van der Waals surface area contributed by atoms with Crippen molar-refractivity contribution in [1.82, 2.24) is 10.2 Å². The van der Waals surface area contributed by atoms with Crippen LogP contribution < -0.4 is 0 Å². The first-order chi connectivity index (χ1) is 8.40. The highest BCUT2D eigenvalue weighted by Crippen LogP contribution is 2.61. The molecule has 4 rings (SSSR count). The first kappa shape index (κ1) is 9.27. The van der Waals surface area contributed by atoms with E-state index in [9.17, 15) is 0 Å². The van der Waals surface area contributed by atoms with Gasteiger partial charge in [-0.25, -0.2) is 4.99 Å². The average Bonchev–Trinajstić information content (AvgIpc) is 2.82. The second-order valence-corrected chi connectivity index (χ2v) is 4.82. The summed E-state index contributed by atoms with van der Waals surface area (Å²) in [7, 11) is 0. The molecule has 2 aliphatic carbocycles. The van der Waals surface area contributed by atoms with Crippen LogP contribution in [0.25, 0.3) is 0 Å². The van der Waals surface area contributed by atoms with Gasteiger partial charge in [0, 0.05) is 11.5 Å². The molecule has 0 bridgehead atoms. The van der Waals surface area contributed by atoms with Gasteiger partial charge in [0.05, 0.1) is 5.69 Å². The van der Waals surface area contributed by atoms with Crippen LogP contribution in [0.3, 0.4) is 0 Å². The number of aliphatic imine (C=N–C) groups is 1. The van der Waals surface area contributed by atoms with Crippen molar-refractivity contribution in [2.45, 2.75) is 19.3 Å². The number of nitrogens with zero attached hydrogens (tertiary/aromatic N) is 4. The average molecular weight is 227 g/mol. The van der Waals surface area contributed by atoms with Gasteiger partial charge in [0.2, 0.25) is 0 Å². The monoisotopic (exact) mass is 227 g/mol. The summed E-state index contributed by atoms with van der Waals surface area (Å²) in [4.78, 5) is 4.25. The van der Waals surface area contributed by atoms with E-state index in [2.05, 4.69) is 44.5 Å². The van der Waals surface area contributed by atoms with E-state index >= 15 is 0 Å². The van der Waals surface area contributed by atoms with Crippen molar-refractivity contribution in [3.8, 4) is 0 Å². The minimum Gasteiger partial charge on any atom is -0.274 e. The number of H-pyrrole nitrogens is 1. The molecule has 1 saturated carbocycles. The molecule has 86 valence electrons. The third-order valence-corrected chi connectivity index (χ3v) is 3.97. The van der Waals surface area contributed by atoms with Crippen LogP contribution in [0.5, 0.6) is 0 Å². The molecule has 1 aliphatic heterocycles. The molecule has 0 spiro atoms. The van der Waals surface area contributed by atoms with E-state index in [1.54, 1.807) is 0 Å². The Labute approximate surface area is 98.7 Å². The van der Waals surface area contributed by atoms with Crippen LogP contribution >= 0.6 is 0 Å². The zero-order chi connectivity index (χ0) is 11.4. The van der Waals surface area contributed by atoms with Gasteiger partial charge in [-0.3, -0.25) is 5.10 Å². The largest absolute Gasteiger partial charge is 0.274 e. The van der Waals surface area contributed by atoms with Gasteiger partial charge < -0.3 is 0 Å². The predicted octanol–water partition coefficient (Wildman–Crippen LogP) is 2.04. The Morgan fingerprint density at radius 2 is 2.35 bits per heavy atom. The van der Waals surface area contributed by atoms with Gasteiger partial charge in [-0.15, -0.1) is 5.11 Å². The van der Waals surface area contributed by atoms with Gasteiger partial charge in [0.15, 0.2) is 12.5 Å². The lowest BCUT2D eigenvalue weighted by Gasteiger charge is -1.99. The Morgan fingerprint density at radius 3 is 3.12 bits per heavy atom. The molecule has 0 amide bonds. The number of hydrogen-bond donors (Lipinski definition) is 1. The third kappa shape index (κ3) is 1.14. The van der Waals surface area contributed by atoms with Crippen molar-refractivity contribution in [3.63, 3.8) is 0 Å². The Kier molecular flexibility index (Phi) is 1.70. The molecule has 1 aromatic rings. The zero-order valence-corrected chi connectivity index (χ0v) is 9.59. The molecule has 17 heavy (non-hydrogen) atoms. The summed E-state index contributed by atoms with van der Waals surface area (Å²) in [5.41, 5.74) is 3.55. The number of aromatic nitrogens is 2. The maximum atomic E-state index is 4.46. The minimum atomic E-state index is 0.456. The van der Waals surface area contributed by atoms with Crippen molar-refractivity contribution >= 4 is 5.84 Å².